The van der Waals surface area contributed by atoms with Gasteiger partial charge in [-0.1, -0.05) is 12.6 Å². The molecule has 0 saturated carbocycles. The number of ether oxygens (including phenoxy) is 1. The molecule has 0 unspecified atom stereocenters. The fourth-order valence-corrected chi connectivity index (χ4v) is 1.29. The molecule has 0 fully saturated rings. The van der Waals surface area contributed by atoms with Gasteiger partial charge in [-0.15, -0.1) is 0 Å². The van der Waals surface area contributed by atoms with E-state index in [-0.39, 0.29) is 11.5 Å². The average molecular weight is 223 g/mol. The zero-order valence-corrected chi connectivity index (χ0v) is 9.15. The third kappa shape index (κ3) is 4.23. The summed E-state index contributed by atoms with van der Waals surface area (Å²) in [6, 6.07) is 4.58. The lowest BCUT2D eigenvalue weighted by Crippen LogP contribution is -2.16. The molecular formula is C12H17NO3. The summed E-state index contributed by atoms with van der Waals surface area (Å²) in [5, 5.41) is 21.8. The molecule has 0 aromatic heterocycles. The largest absolute Gasteiger partial charge is 0.508 e. The number of nitrogens with one attached hydrogen (secondary N) is 1. The molecule has 0 bridgehead atoms. The van der Waals surface area contributed by atoms with Crippen LogP contribution in [0, 0.1) is 0 Å². The summed E-state index contributed by atoms with van der Waals surface area (Å²) in [5.74, 6) is 0.176. The summed E-state index contributed by atoms with van der Waals surface area (Å²) < 4.78 is 4.97. The molecule has 3 N–H and O–H groups in total. The molecule has 88 valence electrons. The second-order valence-corrected chi connectivity index (χ2v) is 3.38. The molecule has 16 heavy (non-hydrogen) atoms. The molecule has 0 spiro atoms. The molecule has 4 heteroatoms. The highest BCUT2D eigenvalue weighted by atomic mass is 16.5. The molecule has 0 aliphatic carbocycles. The van der Waals surface area contributed by atoms with Crippen molar-refractivity contribution in [1.29, 1.82) is 0 Å². The van der Waals surface area contributed by atoms with Crippen molar-refractivity contribution in [1.82, 2.24) is 5.32 Å². The molecule has 0 heterocycles. The summed E-state index contributed by atoms with van der Waals surface area (Å²) in [6.07, 6.45) is 2.30. The van der Waals surface area contributed by atoms with Crippen molar-refractivity contribution >= 4 is 0 Å². The lowest BCUT2D eigenvalue weighted by molar-refractivity contribution is 0.244. The van der Waals surface area contributed by atoms with E-state index < -0.39 is 0 Å². The third-order valence-electron chi connectivity index (χ3n) is 2.12. The van der Waals surface area contributed by atoms with E-state index in [4.69, 9.17) is 9.84 Å². The zero-order chi connectivity index (χ0) is 11.8. The first kappa shape index (κ1) is 12.4. The van der Waals surface area contributed by atoms with Crippen LogP contribution in [0.3, 0.4) is 0 Å². The van der Waals surface area contributed by atoms with Gasteiger partial charge >= 0.3 is 0 Å². The molecule has 0 aliphatic heterocycles. The van der Waals surface area contributed by atoms with E-state index in [1.807, 2.05) is 0 Å². The Bertz CT molecular complexity index is 339. The SMILES string of the molecule is C=COCCCNCc1ccc(O)cc1O. The maximum absolute atomic E-state index is 9.49. The van der Waals surface area contributed by atoms with Gasteiger partial charge in [-0.2, -0.15) is 0 Å². The number of hydrogen-bond donors (Lipinski definition) is 3. The monoisotopic (exact) mass is 223 g/mol. The molecule has 0 aliphatic rings. The van der Waals surface area contributed by atoms with Crippen LogP contribution >= 0.6 is 0 Å². The van der Waals surface area contributed by atoms with Crippen molar-refractivity contribution in [3.63, 3.8) is 0 Å². The lowest BCUT2D eigenvalue weighted by atomic mass is 10.2. The van der Waals surface area contributed by atoms with Crippen LogP contribution in [0.1, 0.15) is 12.0 Å². The van der Waals surface area contributed by atoms with Gasteiger partial charge in [0.15, 0.2) is 0 Å². The van der Waals surface area contributed by atoms with Crippen molar-refractivity contribution in [3.05, 3.63) is 36.6 Å². The van der Waals surface area contributed by atoms with Crippen LogP contribution in [0.15, 0.2) is 31.0 Å². The minimum absolute atomic E-state index is 0.0700. The molecular weight excluding hydrogens is 206 g/mol. The molecule has 1 aromatic carbocycles. The van der Waals surface area contributed by atoms with Crippen molar-refractivity contribution in [2.45, 2.75) is 13.0 Å². The summed E-state index contributed by atoms with van der Waals surface area (Å²) in [6.45, 7) is 5.45. The maximum atomic E-state index is 9.49. The van der Waals surface area contributed by atoms with Crippen LogP contribution in [0.25, 0.3) is 0 Å². The molecule has 0 atom stereocenters. The Morgan fingerprint density at radius 2 is 2.19 bits per heavy atom. The van der Waals surface area contributed by atoms with Gasteiger partial charge in [0.05, 0.1) is 12.9 Å². The average Bonchev–Trinajstić information content (AvgIpc) is 2.26. The highest BCUT2D eigenvalue weighted by Crippen LogP contribution is 2.21. The quantitative estimate of drug-likeness (QED) is 0.486. The van der Waals surface area contributed by atoms with Crippen molar-refractivity contribution in [2.24, 2.45) is 0 Å². The van der Waals surface area contributed by atoms with Gasteiger partial charge in [0.1, 0.15) is 11.5 Å². The summed E-state index contributed by atoms with van der Waals surface area (Å²) in [4.78, 5) is 0. The van der Waals surface area contributed by atoms with E-state index in [1.165, 1.54) is 12.3 Å². The second kappa shape index (κ2) is 6.74. The van der Waals surface area contributed by atoms with Gasteiger partial charge in [0, 0.05) is 18.2 Å². The number of phenolic OH excluding ortho intramolecular Hbond substituents is 2. The molecule has 4 nitrogen and oxygen atoms in total. The second-order valence-electron chi connectivity index (χ2n) is 3.38. The topological polar surface area (TPSA) is 61.7 Å². The standard InChI is InChI=1S/C12H17NO3/c1-2-16-7-3-6-13-9-10-4-5-11(14)8-12(10)15/h2,4-5,8,13-15H,1,3,6-7,9H2. The van der Waals surface area contributed by atoms with Crippen LogP contribution in [-0.2, 0) is 11.3 Å². The van der Waals surface area contributed by atoms with Gasteiger partial charge in [-0.25, -0.2) is 0 Å². The van der Waals surface area contributed by atoms with Crippen LogP contribution in [0.2, 0.25) is 0 Å². The highest BCUT2D eigenvalue weighted by Gasteiger charge is 2.01. The minimum atomic E-state index is 0.0700. The van der Waals surface area contributed by atoms with Crippen LogP contribution < -0.4 is 5.32 Å². The summed E-state index contributed by atoms with van der Waals surface area (Å²) in [7, 11) is 0. The Morgan fingerprint density at radius 1 is 1.38 bits per heavy atom. The van der Waals surface area contributed by atoms with E-state index in [2.05, 4.69) is 11.9 Å². The fourth-order valence-electron chi connectivity index (χ4n) is 1.29. The highest BCUT2D eigenvalue weighted by molar-refractivity contribution is 5.38. The Labute approximate surface area is 95.2 Å². The van der Waals surface area contributed by atoms with Gasteiger partial charge < -0.3 is 20.3 Å². The maximum Gasteiger partial charge on any atom is 0.123 e. The third-order valence-corrected chi connectivity index (χ3v) is 2.12. The van der Waals surface area contributed by atoms with Crippen LogP contribution in [0.4, 0.5) is 0 Å². The zero-order valence-electron chi connectivity index (χ0n) is 9.15. The van der Waals surface area contributed by atoms with Gasteiger partial charge in [-0.05, 0) is 19.0 Å². The van der Waals surface area contributed by atoms with Gasteiger partial charge in [-0.3, -0.25) is 0 Å². The molecule has 1 aromatic rings. The van der Waals surface area contributed by atoms with Gasteiger partial charge in [0.2, 0.25) is 0 Å². The molecule has 0 saturated heterocycles. The van der Waals surface area contributed by atoms with E-state index in [0.717, 1.165) is 18.5 Å². The Balaban J connectivity index is 2.24. The molecule has 1 rings (SSSR count). The predicted octanol–water partition coefficient (Wildman–Crippen LogP) is 1.74. The number of benzene rings is 1. The fraction of sp³-hybridized carbons (Fsp3) is 0.333. The van der Waals surface area contributed by atoms with E-state index >= 15 is 0 Å². The number of rotatable bonds is 7. The predicted molar refractivity (Wildman–Crippen MR) is 62.2 cm³/mol. The molecule has 0 radical (unpaired) electrons. The Hall–Kier alpha value is -1.68. The first-order valence-electron chi connectivity index (χ1n) is 5.18. The Morgan fingerprint density at radius 3 is 2.88 bits per heavy atom. The number of phenols is 2. The Kier molecular flexibility index (Phi) is 5.22. The van der Waals surface area contributed by atoms with Crippen LogP contribution in [0.5, 0.6) is 11.5 Å². The van der Waals surface area contributed by atoms with Crippen molar-refractivity contribution < 1.29 is 14.9 Å². The minimum Gasteiger partial charge on any atom is -0.508 e. The summed E-state index contributed by atoms with van der Waals surface area (Å²) >= 11 is 0. The normalized spacial score (nSPS) is 10.0. The van der Waals surface area contributed by atoms with E-state index in [1.54, 1.807) is 12.1 Å². The summed E-state index contributed by atoms with van der Waals surface area (Å²) in [5.41, 5.74) is 0.766. The van der Waals surface area contributed by atoms with E-state index in [9.17, 15) is 5.11 Å². The number of aromatic hydroxyl groups is 2. The van der Waals surface area contributed by atoms with E-state index in [0.29, 0.717) is 13.2 Å². The van der Waals surface area contributed by atoms with Gasteiger partial charge in [0.25, 0.3) is 0 Å². The van der Waals surface area contributed by atoms with Crippen molar-refractivity contribution in [3.8, 4) is 11.5 Å². The first-order chi connectivity index (χ1) is 7.74. The molecule has 0 amide bonds. The number of hydrogen-bond acceptors (Lipinski definition) is 4. The smallest absolute Gasteiger partial charge is 0.123 e. The van der Waals surface area contributed by atoms with Crippen molar-refractivity contribution in [2.75, 3.05) is 13.2 Å². The lowest BCUT2D eigenvalue weighted by Gasteiger charge is -2.07. The van der Waals surface area contributed by atoms with Crippen LogP contribution in [-0.4, -0.2) is 23.4 Å². The first-order valence-corrected chi connectivity index (χ1v) is 5.18.